The predicted molar refractivity (Wildman–Crippen MR) is 61.1 cm³/mol. The first-order chi connectivity index (χ1) is 7.34. The van der Waals surface area contributed by atoms with E-state index in [1.807, 2.05) is 12.4 Å². The number of aliphatic hydroxyl groups is 1. The average molecular weight is 230 g/mol. The van der Waals surface area contributed by atoms with E-state index >= 15 is 0 Å². The number of hydrogen-bond donors (Lipinski definition) is 2. The van der Waals surface area contributed by atoms with Crippen LogP contribution in [0.5, 0.6) is 0 Å². The highest BCUT2D eigenvalue weighted by Crippen LogP contribution is 2.10. The molecule has 0 spiro atoms. The Morgan fingerprint density at radius 1 is 1.53 bits per heavy atom. The normalized spacial score (nSPS) is 10.8. The lowest BCUT2D eigenvalue weighted by atomic mass is 10.4. The fraction of sp³-hybridized carbons (Fsp3) is 0.700. The Bertz CT molecular complexity index is 266. The van der Waals surface area contributed by atoms with Gasteiger partial charge in [0, 0.05) is 18.0 Å². The van der Waals surface area contributed by atoms with E-state index in [-0.39, 0.29) is 6.61 Å². The van der Waals surface area contributed by atoms with Crippen molar-refractivity contribution in [2.75, 3.05) is 26.4 Å². The standard InChI is InChI=1S/C10H18N2O2S/c1-9-10(15-8-12-9)7-11-3-2-5-14-6-4-13/h8,11,13H,2-7H2,1H3. The molecule has 0 saturated carbocycles. The molecule has 1 heterocycles. The fourth-order valence-electron chi connectivity index (χ4n) is 1.16. The van der Waals surface area contributed by atoms with E-state index in [0.717, 1.165) is 25.2 Å². The second-order valence-electron chi connectivity index (χ2n) is 3.23. The number of hydrogen-bond acceptors (Lipinski definition) is 5. The van der Waals surface area contributed by atoms with Gasteiger partial charge in [-0.25, -0.2) is 4.98 Å². The third-order valence-electron chi connectivity index (χ3n) is 2.01. The van der Waals surface area contributed by atoms with Gasteiger partial charge >= 0.3 is 0 Å². The minimum atomic E-state index is 0.105. The van der Waals surface area contributed by atoms with Crippen molar-refractivity contribution < 1.29 is 9.84 Å². The van der Waals surface area contributed by atoms with Gasteiger partial charge in [-0.15, -0.1) is 11.3 Å². The number of aryl methyl sites for hydroxylation is 1. The van der Waals surface area contributed by atoms with Crippen LogP contribution in [0.3, 0.4) is 0 Å². The number of aromatic nitrogens is 1. The van der Waals surface area contributed by atoms with E-state index < -0.39 is 0 Å². The number of nitrogens with one attached hydrogen (secondary N) is 1. The van der Waals surface area contributed by atoms with Gasteiger partial charge in [0.2, 0.25) is 0 Å². The Morgan fingerprint density at radius 2 is 2.40 bits per heavy atom. The molecule has 0 aromatic carbocycles. The second kappa shape index (κ2) is 7.76. The zero-order chi connectivity index (χ0) is 10.9. The molecule has 1 aromatic rings. The lowest BCUT2D eigenvalue weighted by Gasteiger charge is -2.04. The molecule has 0 saturated heterocycles. The molecule has 0 unspecified atom stereocenters. The maximum atomic E-state index is 8.48. The van der Waals surface area contributed by atoms with Gasteiger partial charge in [-0.1, -0.05) is 0 Å². The van der Waals surface area contributed by atoms with Crippen LogP contribution in [-0.4, -0.2) is 36.5 Å². The van der Waals surface area contributed by atoms with E-state index in [1.54, 1.807) is 11.3 Å². The predicted octanol–water partition coefficient (Wildman–Crippen LogP) is 0.940. The maximum absolute atomic E-state index is 8.48. The van der Waals surface area contributed by atoms with Gasteiger partial charge in [-0.05, 0) is 19.9 Å². The monoisotopic (exact) mass is 230 g/mol. The molecule has 0 aliphatic carbocycles. The average Bonchev–Trinajstić information content (AvgIpc) is 2.63. The maximum Gasteiger partial charge on any atom is 0.0798 e. The SMILES string of the molecule is Cc1ncsc1CNCCCOCCO. The topological polar surface area (TPSA) is 54.4 Å². The van der Waals surface area contributed by atoms with Crippen molar-refractivity contribution in [1.29, 1.82) is 0 Å². The van der Waals surface area contributed by atoms with E-state index in [4.69, 9.17) is 9.84 Å². The van der Waals surface area contributed by atoms with Gasteiger partial charge in [-0.3, -0.25) is 0 Å². The highest BCUT2D eigenvalue weighted by atomic mass is 32.1. The summed E-state index contributed by atoms with van der Waals surface area (Å²) in [6.07, 6.45) is 0.970. The summed E-state index contributed by atoms with van der Waals surface area (Å²) >= 11 is 1.68. The minimum absolute atomic E-state index is 0.105. The van der Waals surface area contributed by atoms with Gasteiger partial charge in [0.15, 0.2) is 0 Å². The van der Waals surface area contributed by atoms with Gasteiger partial charge in [-0.2, -0.15) is 0 Å². The quantitative estimate of drug-likeness (QED) is 0.653. The number of nitrogens with zero attached hydrogens (tertiary/aromatic N) is 1. The van der Waals surface area contributed by atoms with Crippen molar-refractivity contribution >= 4 is 11.3 Å². The number of thiazole rings is 1. The molecule has 1 rings (SSSR count). The molecule has 1 aromatic heterocycles. The van der Waals surface area contributed by atoms with Crippen LogP contribution in [-0.2, 0) is 11.3 Å². The Morgan fingerprint density at radius 3 is 3.07 bits per heavy atom. The molecule has 4 nitrogen and oxygen atoms in total. The van der Waals surface area contributed by atoms with Crippen molar-refractivity contribution in [2.45, 2.75) is 19.9 Å². The highest BCUT2D eigenvalue weighted by molar-refractivity contribution is 7.09. The van der Waals surface area contributed by atoms with Gasteiger partial charge in [0.25, 0.3) is 0 Å². The summed E-state index contributed by atoms with van der Waals surface area (Å²) in [5.41, 5.74) is 2.99. The summed E-state index contributed by atoms with van der Waals surface area (Å²) in [4.78, 5) is 5.48. The molecule has 0 bridgehead atoms. The van der Waals surface area contributed by atoms with Gasteiger partial charge < -0.3 is 15.2 Å². The largest absolute Gasteiger partial charge is 0.394 e. The molecule has 0 aliphatic rings. The first-order valence-corrected chi connectivity index (χ1v) is 6.01. The van der Waals surface area contributed by atoms with E-state index in [9.17, 15) is 0 Å². The van der Waals surface area contributed by atoms with Crippen LogP contribution >= 0.6 is 11.3 Å². The lowest BCUT2D eigenvalue weighted by molar-refractivity contribution is 0.0907. The lowest BCUT2D eigenvalue weighted by Crippen LogP contribution is -2.16. The molecule has 5 heteroatoms. The molecular weight excluding hydrogens is 212 g/mol. The van der Waals surface area contributed by atoms with Crippen LogP contribution in [0.4, 0.5) is 0 Å². The molecule has 0 aliphatic heterocycles. The Hall–Kier alpha value is -0.490. The second-order valence-corrected chi connectivity index (χ2v) is 4.17. The Kier molecular flexibility index (Phi) is 6.50. The zero-order valence-corrected chi connectivity index (χ0v) is 9.85. The third kappa shape index (κ3) is 5.22. The summed E-state index contributed by atoms with van der Waals surface area (Å²) in [6, 6.07) is 0. The summed E-state index contributed by atoms with van der Waals surface area (Å²) in [7, 11) is 0. The van der Waals surface area contributed by atoms with Crippen molar-refractivity contribution in [1.82, 2.24) is 10.3 Å². The molecule has 0 atom stereocenters. The first-order valence-electron chi connectivity index (χ1n) is 5.13. The Balaban J connectivity index is 1.96. The van der Waals surface area contributed by atoms with Crippen LogP contribution in [0.1, 0.15) is 17.0 Å². The van der Waals surface area contributed by atoms with Crippen LogP contribution in [0.15, 0.2) is 5.51 Å². The molecule has 0 radical (unpaired) electrons. The molecule has 2 N–H and O–H groups in total. The molecule has 0 amide bonds. The van der Waals surface area contributed by atoms with Crippen LogP contribution in [0.2, 0.25) is 0 Å². The van der Waals surface area contributed by atoms with Gasteiger partial charge in [0.1, 0.15) is 0 Å². The van der Waals surface area contributed by atoms with E-state index in [2.05, 4.69) is 10.3 Å². The summed E-state index contributed by atoms with van der Waals surface area (Å²) in [6.45, 7) is 5.09. The summed E-state index contributed by atoms with van der Waals surface area (Å²) in [5, 5.41) is 11.8. The van der Waals surface area contributed by atoms with Crippen molar-refractivity contribution in [2.24, 2.45) is 0 Å². The number of rotatable bonds is 8. The zero-order valence-electron chi connectivity index (χ0n) is 9.03. The first kappa shape index (κ1) is 12.6. The Labute approximate surface area is 94.3 Å². The molecule has 0 fully saturated rings. The van der Waals surface area contributed by atoms with Gasteiger partial charge in [0.05, 0.1) is 24.4 Å². The molecule has 15 heavy (non-hydrogen) atoms. The van der Waals surface area contributed by atoms with Crippen molar-refractivity contribution in [3.8, 4) is 0 Å². The fourth-order valence-corrected chi connectivity index (χ4v) is 1.91. The van der Waals surface area contributed by atoms with Crippen LogP contribution < -0.4 is 5.32 Å². The number of ether oxygens (including phenoxy) is 1. The van der Waals surface area contributed by atoms with E-state index in [0.29, 0.717) is 13.2 Å². The molecule has 86 valence electrons. The van der Waals surface area contributed by atoms with Crippen LogP contribution in [0.25, 0.3) is 0 Å². The third-order valence-corrected chi connectivity index (χ3v) is 2.94. The number of aliphatic hydroxyl groups excluding tert-OH is 1. The smallest absolute Gasteiger partial charge is 0.0798 e. The summed E-state index contributed by atoms with van der Waals surface area (Å²) < 4.78 is 5.14. The van der Waals surface area contributed by atoms with Crippen molar-refractivity contribution in [3.63, 3.8) is 0 Å². The highest BCUT2D eigenvalue weighted by Gasteiger charge is 1.99. The van der Waals surface area contributed by atoms with E-state index in [1.165, 1.54) is 4.88 Å². The van der Waals surface area contributed by atoms with Crippen molar-refractivity contribution in [3.05, 3.63) is 16.1 Å². The molecular formula is C10H18N2O2S. The summed E-state index contributed by atoms with van der Waals surface area (Å²) in [5.74, 6) is 0. The minimum Gasteiger partial charge on any atom is -0.394 e. The van der Waals surface area contributed by atoms with Crippen LogP contribution in [0, 0.1) is 6.92 Å².